The van der Waals surface area contributed by atoms with E-state index >= 15 is 0 Å². The molecular weight excluding hydrogens is 303 g/mol. The van der Waals surface area contributed by atoms with Crippen molar-refractivity contribution in [3.63, 3.8) is 0 Å². The smallest absolute Gasteiger partial charge is 0.255 e. The van der Waals surface area contributed by atoms with E-state index in [-0.39, 0.29) is 18.3 Å². The standard InChI is InChI=1S/C16H17FN2O2S/c1-11-9-12(3-4-13(11)17)16(21)19-14-10-18-6-5-15(14)22-8-2-7-20/h3-6,9-10,20H,2,7-8H2,1H3,(H,19,21). The summed E-state index contributed by atoms with van der Waals surface area (Å²) in [7, 11) is 0. The van der Waals surface area contributed by atoms with Crippen LogP contribution < -0.4 is 5.32 Å². The number of aromatic nitrogens is 1. The van der Waals surface area contributed by atoms with Crippen molar-refractivity contribution in [3.05, 3.63) is 53.6 Å². The largest absolute Gasteiger partial charge is 0.396 e. The van der Waals surface area contributed by atoms with Gasteiger partial charge in [-0.05, 0) is 43.2 Å². The minimum absolute atomic E-state index is 0.134. The SMILES string of the molecule is Cc1cc(C(=O)Nc2cnccc2SCCCO)ccc1F. The first kappa shape index (κ1) is 16.5. The Bertz CT molecular complexity index is 664. The molecule has 1 aromatic carbocycles. The first-order chi connectivity index (χ1) is 10.6. The van der Waals surface area contributed by atoms with Gasteiger partial charge in [0.2, 0.25) is 0 Å². The van der Waals surface area contributed by atoms with E-state index in [0.29, 0.717) is 23.2 Å². The number of carbonyl (C=O) groups excluding carboxylic acids is 1. The van der Waals surface area contributed by atoms with Gasteiger partial charge in [-0.15, -0.1) is 11.8 Å². The number of rotatable bonds is 6. The number of aryl methyl sites for hydroxylation is 1. The molecule has 116 valence electrons. The molecule has 1 amide bonds. The first-order valence-electron chi connectivity index (χ1n) is 6.87. The van der Waals surface area contributed by atoms with E-state index in [2.05, 4.69) is 10.3 Å². The molecular formula is C16H17FN2O2S. The third kappa shape index (κ3) is 4.29. The third-order valence-corrected chi connectivity index (χ3v) is 4.17. The quantitative estimate of drug-likeness (QED) is 0.633. The van der Waals surface area contributed by atoms with Gasteiger partial charge in [0.05, 0.1) is 11.9 Å². The van der Waals surface area contributed by atoms with Crippen molar-refractivity contribution in [2.45, 2.75) is 18.2 Å². The fourth-order valence-corrected chi connectivity index (χ4v) is 2.74. The van der Waals surface area contributed by atoms with Crippen molar-refractivity contribution in [2.75, 3.05) is 17.7 Å². The summed E-state index contributed by atoms with van der Waals surface area (Å²) in [5.41, 5.74) is 1.43. The summed E-state index contributed by atoms with van der Waals surface area (Å²) in [5.74, 6) is 0.109. The van der Waals surface area contributed by atoms with E-state index in [4.69, 9.17) is 5.11 Å². The van der Waals surface area contributed by atoms with Gasteiger partial charge in [0.15, 0.2) is 0 Å². The Balaban J connectivity index is 2.12. The lowest BCUT2D eigenvalue weighted by Crippen LogP contribution is -2.13. The lowest BCUT2D eigenvalue weighted by atomic mass is 10.1. The molecule has 2 N–H and O–H groups in total. The molecule has 2 rings (SSSR count). The van der Waals surface area contributed by atoms with Crippen LogP contribution in [-0.4, -0.2) is 28.4 Å². The Labute approximate surface area is 132 Å². The summed E-state index contributed by atoms with van der Waals surface area (Å²) in [6, 6.07) is 6.06. The molecule has 6 heteroatoms. The van der Waals surface area contributed by atoms with Gasteiger partial charge < -0.3 is 10.4 Å². The van der Waals surface area contributed by atoms with E-state index < -0.39 is 0 Å². The molecule has 0 aliphatic carbocycles. The molecule has 0 aliphatic heterocycles. The molecule has 22 heavy (non-hydrogen) atoms. The summed E-state index contributed by atoms with van der Waals surface area (Å²) >= 11 is 1.54. The van der Waals surface area contributed by atoms with Gasteiger partial charge in [-0.3, -0.25) is 9.78 Å². The van der Waals surface area contributed by atoms with Crippen LogP contribution in [0.5, 0.6) is 0 Å². The second-order valence-electron chi connectivity index (χ2n) is 4.72. The minimum atomic E-state index is -0.335. The highest BCUT2D eigenvalue weighted by molar-refractivity contribution is 7.99. The fourth-order valence-electron chi connectivity index (χ4n) is 1.83. The van der Waals surface area contributed by atoms with Crippen LogP contribution in [0.4, 0.5) is 10.1 Å². The Morgan fingerprint density at radius 2 is 2.23 bits per heavy atom. The highest BCUT2D eigenvalue weighted by Gasteiger charge is 2.11. The lowest BCUT2D eigenvalue weighted by molar-refractivity contribution is 0.102. The van der Waals surface area contributed by atoms with Crippen molar-refractivity contribution in [1.82, 2.24) is 4.98 Å². The molecule has 0 radical (unpaired) electrons. The number of benzene rings is 1. The number of carbonyl (C=O) groups is 1. The topological polar surface area (TPSA) is 62.2 Å². The van der Waals surface area contributed by atoms with Crippen LogP contribution in [0.2, 0.25) is 0 Å². The van der Waals surface area contributed by atoms with Crippen LogP contribution in [0.15, 0.2) is 41.6 Å². The Kier molecular flexibility index (Phi) is 5.91. The second kappa shape index (κ2) is 7.91. The molecule has 0 unspecified atom stereocenters. The Morgan fingerprint density at radius 3 is 2.95 bits per heavy atom. The molecule has 0 spiro atoms. The highest BCUT2D eigenvalue weighted by atomic mass is 32.2. The fraction of sp³-hybridized carbons (Fsp3) is 0.250. The predicted octanol–water partition coefficient (Wildman–Crippen LogP) is 3.26. The van der Waals surface area contributed by atoms with Crippen LogP contribution in [0, 0.1) is 12.7 Å². The van der Waals surface area contributed by atoms with Gasteiger partial charge in [0.1, 0.15) is 5.82 Å². The monoisotopic (exact) mass is 320 g/mol. The zero-order valence-electron chi connectivity index (χ0n) is 12.2. The van der Waals surface area contributed by atoms with Gasteiger partial charge in [-0.1, -0.05) is 0 Å². The third-order valence-electron chi connectivity index (χ3n) is 3.01. The second-order valence-corrected chi connectivity index (χ2v) is 5.85. The number of nitrogens with zero attached hydrogens (tertiary/aromatic N) is 1. The molecule has 0 fully saturated rings. The highest BCUT2D eigenvalue weighted by Crippen LogP contribution is 2.27. The molecule has 0 saturated heterocycles. The average Bonchev–Trinajstić information content (AvgIpc) is 2.52. The molecule has 1 aromatic heterocycles. The zero-order valence-corrected chi connectivity index (χ0v) is 13.0. The lowest BCUT2D eigenvalue weighted by Gasteiger charge is -2.10. The van der Waals surface area contributed by atoms with E-state index in [1.54, 1.807) is 19.3 Å². The van der Waals surface area contributed by atoms with Gasteiger partial charge in [-0.2, -0.15) is 0 Å². The summed E-state index contributed by atoms with van der Waals surface area (Å²) in [5, 5.41) is 11.6. The van der Waals surface area contributed by atoms with Crippen LogP contribution >= 0.6 is 11.8 Å². The van der Waals surface area contributed by atoms with Gasteiger partial charge >= 0.3 is 0 Å². The van der Waals surface area contributed by atoms with Crippen LogP contribution in [0.25, 0.3) is 0 Å². The Hall–Kier alpha value is -1.92. The number of thioether (sulfide) groups is 1. The maximum Gasteiger partial charge on any atom is 0.255 e. The minimum Gasteiger partial charge on any atom is -0.396 e. The molecule has 1 heterocycles. The van der Waals surface area contributed by atoms with Crippen LogP contribution in [0.3, 0.4) is 0 Å². The average molecular weight is 320 g/mol. The number of pyridine rings is 1. The number of hydrogen-bond donors (Lipinski definition) is 2. The van der Waals surface area contributed by atoms with Crippen LogP contribution in [-0.2, 0) is 0 Å². The van der Waals surface area contributed by atoms with Gasteiger partial charge in [0, 0.05) is 29.0 Å². The zero-order chi connectivity index (χ0) is 15.9. The molecule has 0 atom stereocenters. The number of nitrogens with one attached hydrogen (secondary N) is 1. The molecule has 0 saturated carbocycles. The normalized spacial score (nSPS) is 10.5. The summed E-state index contributed by atoms with van der Waals surface area (Å²) < 4.78 is 13.3. The summed E-state index contributed by atoms with van der Waals surface area (Å²) in [4.78, 5) is 17.1. The van der Waals surface area contributed by atoms with E-state index in [0.717, 1.165) is 10.6 Å². The maximum absolute atomic E-state index is 13.3. The van der Waals surface area contributed by atoms with E-state index in [9.17, 15) is 9.18 Å². The molecule has 2 aromatic rings. The van der Waals surface area contributed by atoms with Crippen molar-refractivity contribution >= 4 is 23.4 Å². The Morgan fingerprint density at radius 1 is 1.41 bits per heavy atom. The maximum atomic E-state index is 13.3. The van der Waals surface area contributed by atoms with Crippen molar-refractivity contribution in [3.8, 4) is 0 Å². The number of halogens is 1. The summed E-state index contributed by atoms with van der Waals surface area (Å²) in [6.07, 6.45) is 3.91. The van der Waals surface area contributed by atoms with E-state index in [1.807, 2.05) is 6.07 Å². The predicted molar refractivity (Wildman–Crippen MR) is 85.8 cm³/mol. The number of hydrogen-bond acceptors (Lipinski definition) is 4. The van der Waals surface area contributed by atoms with Crippen molar-refractivity contribution in [1.29, 1.82) is 0 Å². The number of aliphatic hydroxyl groups excluding tert-OH is 1. The number of amides is 1. The number of anilines is 1. The molecule has 0 aliphatic rings. The van der Waals surface area contributed by atoms with Crippen molar-refractivity contribution < 1.29 is 14.3 Å². The summed E-state index contributed by atoms with van der Waals surface area (Å²) in [6.45, 7) is 1.75. The van der Waals surface area contributed by atoms with Gasteiger partial charge in [0.25, 0.3) is 5.91 Å². The van der Waals surface area contributed by atoms with E-state index in [1.165, 1.54) is 30.0 Å². The molecule has 0 bridgehead atoms. The number of aliphatic hydroxyl groups is 1. The van der Waals surface area contributed by atoms with Gasteiger partial charge in [-0.25, -0.2) is 4.39 Å². The first-order valence-corrected chi connectivity index (χ1v) is 7.85. The van der Waals surface area contributed by atoms with Crippen molar-refractivity contribution in [2.24, 2.45) is 0 Å². The molecule has 4 nitrogen and oxygen atoms in total. The van der Waals surface area contributed by atoms with Crippen LogP contribution in [0.1, 0.15) is 22.3 Å².